The Morgan fingerprint density at radius 3 is 1.79 bits per heavy atom. The Balaban J connectivity index is 0.000000171. The minimum absolute atomic E-state index is 0.232. The highest BCUT2D eigenvalue weighted by atomic mass is 35.5. The third-order valence-electron chi connectivity index (χ3n) is 9.64. The molecule has 0 spiro atoms. The van der Waals surface area contributed by atoms with Gasteiger partial charge in [-0.3, -0.25) is 18.7 Å². The van der Waals surface area contributed by atoms with Crippen LogP contribution in [0.2, 0.25) is 20.1 Å². The molecule has 4 aromatic heterocycles. The monoisotopic (exact) mass is 940 g/mol. The lowest BCUT2D eigenvalue weighted by molar-refractivity contribution is -0.137. The Hall–Kier alpha value is -4.77. The van der Waals surface area contributed by atoms with Crippen molar-refractivity contribution >= 4 is 92.3 Å². The summed E-state index contributed by atoms with van der Waals surface area (Å²) in [5.74, 6) is 1.11. The average molecular weight is 943 g/mol. The molecule has 0 atom stereocenters. The van der Waals surface area contributed by atoms with Crippen LogP contribution in [0.3, 0.4) is 0 Å². The molecule has 19 heteroatoms. The number of aromatic nitrogens is 8. The predicted molar refractivity (Wildman–Crippen MR) is 237 cm³/mol. The van der Waals surface area contributed by atoms with E-state index in [1.54, 1.807) is 76.4 Å². The van der Waals surface area contributed by atoms with Crippen LogP contribution in [0.25, 0.3) is 33.7 Å². The molecule has 1 aliphatic carbocycles. The Kier molecular flexibility index (Phi) is 12.6. The zero-order valence-electron chi connectivity index (χ0n) is 31.8. The minimum Gasteiger partial charge on any atom is -0.318 e. The van der Waals surface area contributed by atoms with E-state index >= 15 is 0 Å². The normalized spacial score (nSPS) is 12.9. The topological polar surface area (TPSA) is 105 Å². The van der Waals surface area contributed by atoms with E-state index in [0.717, 1.165) is 36.1 Å². The molecule has 0 bridgehead atoms. The fourth-order valence-electron chi connectivity index (χ4n) is 6.34. The minimum atomic E-state index is -4.36. The zero-order chi connectivity index (χ0) is 43.0. The summed E-state index contributed by atoms with van der Waals surface area (Å²) in [7, 11) is 1.81. The van der Waals surface area contributed by atoms with E-state index in [4.69, 9.17) is 51.4 Å². The Morgan fingerprint density at radius 2 is 1.21 bits per heavy atom. The first-order valence-corrected chi connectivity index (χ1v) is 22.0. The van der Waals surface area contributed by atoms with E-state index in [0.29, 0.717) is 88.1 Å². The van der Waals surface area contributed by atoms with E-state index < -0.39 is 11.7 Å². The molecule has 10 nitrogen and oxygen atoms in total. The number of thioether (sulfide) groups is 2. The van der Waals surface area contributed by atoms with Gasteiger partial charge < -0.3 is 9.13 Å². The lowest BCUT2D eigenvalue weighted by atomic mass is 10.1. The largest absolute Gasteiger partial charge is 0.416 e. The van der Waals surface area contributed by atoms with Crippen molar-refractivity contribution < 1.29 is 13.2 Å². The maximum Gasteiger partial charge on any atom is 0.416 e. The summed E-state index contributed by atoms with van der Waals surface area (Å²) < 4.78 is 45.1. The van der Waals surface area contributed by atoms with Crippen molar-refractivity contribution in [1.29, 1.82) is 0 Å². The Bertz CT molecular complexity index is 3010. The fourth-order valence-corrected chi connectivity index (χ4v) is 8.84. The lowest BCUT2D eigenvalue weighted by Crippen LogP contribution is -2.22. The molecule has 1 fully saturated rings. The molecule has 61 heavy (non-hydrogen) atoms. The van der Waals surface area contributed by atoms with Crippen molar-refractivity contribution in [1.82, 2.24) is 38.2 Å². The molecular weight excluding hydrogens is 911 g/mol. The number of rotatable bonds is 10. The van der Waals surface area contributed by atoms with Gasteiger partial charge >= 0.3 is 6.18 Å². The zero-order valence-corrected chi connectivity index (χ0v) is 36.4. The third kappa shape index (κ3) is 9.52. The quantitative estimate of drug-likeness (QED) is 0.0986. The molecule has 1 saturated carbocycles. The van der Waals surface area contributed by atoms with Crippen molar-refractivity contribution in [3.05, 3.63) is 161 Å². The number of halogens is 7. The fraction of sp³-hybridized carbons (Fsp3) is 0.190. The second kappa shape index (κ2) is 17.9. The molecular formula is C42H31Cl4F3N8O2S2. The van der Waals surface area contributed by atoms with Crippen LogP contribution in [0, 0.1) is 0 Å². The van der Waals surface area contributed by atoms with Gasteiger partial charge in [0, 0.05) is 34.6 Å². The number of hydrogen-bond donors (Lipinski definition) is 0. The summed E-state index contributed by atoms with van der Waals surface area (Å²) in [4.78, 5) is 44.5. The number of aryl methyl sites for hydroxylation is 2. The van der Waals surface area contributed by atoms with Crippen molar-refractivity contribution in [2.75, 3.05) is 5.75 Å². The van der Waals surface area contributed by atoms with Gasteiger partial charge in [-0.05, 0) is 103 Å². The summed E-state index contributed by atoms with van der Waals surface area (Å²) in [6.45, 7) is 0. The van der Waals surface area contributed by atoms with Crippen LogP contribution in [-0.2, 0) is 25.4 Å². The average Bonchev–Trinajstić information content (AvgIpc) is 3.88. The van der Waals surface area contributed by atoms with E-state index in [9.17, 15) is 22.8 Å². The Morgan fingerprint density at radius 1 is 0.672 bits per heavy atom. The number of fused-ring (bicyclic) bond motifs is 2. The highest BCUT2D eigenvalue weighted by Crippen LogP contribution is 2.37. The summed E-state index contributed by atoms with van der Waals surface area (Å²) in [5, 5.41) is 3.19. The molecule has 0 amide bonds. The van der Waals surface area contributed by atoms with Gasteiger partial charge in [-0.25, -0.2) is 19.9 Å². The molecule has 4 aromatic carbocycles. The SMILES string of the molecule is Cn1cnc2c(=O)n(-c3ccc(Cl)cc3)c(SCc3ccc(Cl)c(Cl)c3)nc21.O=c1c2ncn(C3CC3)c2nc(SCCc2ccc(C(F)(F)F)cc2)n1-c1ccc(Cl)cc1. The smallest absolute Gasteiger partial charge is 0.318 e. The second-order valence-electron chi connectivity index (χ2n) is 13.9. The van der Waals surface area contributed by atoms with Crippen molar-refractivity contribution in [2.45, 2.75) is 47.5 Å². The number of nitrogens with zero attached hydrogens (tertiary/aromatic N) is 8. The molecule has 0 saturated heterocycles. The maximum absolute atomic E-state index is 13.3. The first kappa shape index (κ1) is 42.9. The molecule has 0 N–H and O–H groups in total. The van der Waals surface area contributed by atoms with E-state index in [2.05, 4.69) is 15.0 Å². The number of alkyl halides is 3. The standard InChI is InChI=1S/C23H18ClF3N4OS.C19H13Cl3N4OS/c24-16-5-7-18(8-6-16)31-21(32)19-20(30(13-28-19)17-9-10-17)29-22(31)33-12-11-14-1-3-15(4-2-14)23(25,26)27;1-25-10-23-16-17(25)24-19(28-9-11-2-7-14(21)15(22)8-11)26(18(16)27)13-5-3-12(20)4-6-13/h1-8,13,17H,9-12H2;2-8,10H,9H2,1H3. The highest BCUT2D eigenvalue weighted by Gasteiger charge is 2.30. The molecule has 0 radical (unpaired) electrons. The van der Waals surface area contributed by atoms with Crippen molar-refractivity contribution in [3.63, 3.8) is 0 Å². The van der Waals surface area contributed by atoms with Gasteiger partial charge in [-0.1, -0.05) is 88.1 Å². The molecule has 9 rings (SSSR count). The molecule has 0 aliphatic heterocycles. The summed E-state index contributed by atoms with van der Waals surface area (Å²) >= 11 is 26.9. The van der Waals surface area contributed by atoms with Crippen LogP contribution in [0.4, 0.5) is 13.2 Å². The van der Waals surface area contributed by atoms with Gasteiger partial charge in [0.15, 0.2) is 32.6 Å². The van der Waals surface area contributed by atoms with Crippen LogP contribution in [-0.4, -0.2) is 44.0 Å². The first-order chi connectivity index (χ1) is 29.2. The summed E-state index contributed by atoms with van der Waals surface area (Å²) in [5.41, 5.74) is 3.60. The molecule has 8 aromatic rings. The molecule has 312 valence electrons. The number of imidazole rings is 2. The van der Waals surface area contributed by atoms with E-state index in [-0.39, 0.29) is 11.1 Å². The van der Waals surface area contributed by atoms with Crippen molar-refractivity contribution in [2.24, 2.45) is 7.05 Å². The summed E-state index contributed by atoms with van der Waals surface area (Å²) in [6.07, 6.45) is 1.48. The van der Waals surface area contributed by atoms with Gasteiger partial charge in [0.2, 0.25) is 0 Å². The number of benzene rings is 4. The van der Waals surface area contributed by atoms with E-state index in [1.807, 2.05) is 23.7 Å². The van der Waals surface area contributed by atoms with Gasteiger partial charge in [-0.15, -0.1) is 0 Å². The summed E-state index contributed by atoms with van der Waals surface area (Å²) in [6, 6.07) is 24.8. The molecule has 4 heterocycles. The van der Waals surface area contributed by atoms with Gasteiger partial charge in [0.05, 0.1) is 39.6 Å². The third-order valence-corrected chi connectivity index (χ3v) is 12.8. The van der Waals surface area contributed by atoms with Gasteiger partial charge in [-0.2, -0.15) is 13.2 Å². The van der Waals surface area contributed by atoms with Crippen LogP contribution in [0.1, 0.15) is 35.6 Å². The number of hydrogen-bond acceptors (Lipinski definition) is 8. The molecule has 1 aliphatic rings. The predicted octanol–water partition coefficient (Wildman–Crippen LogP) is 11.3. The first-order valence-electron chi connectivity index (χ1n) is 18.6. The lowest BCUT2D eigenvalue weighted by Gasteiger charge is -2.13. The van der Waals surface area contributed by atoms with Gasteiger partial charge in [0.25, 0.3) is 11.1 Å². The highest BCUT2D eigenvalue weighted by molar-refractivity contribution is 7.99. The van der Waals surface area contributed by atoms with Crippen LogP contribution < -0.4 is 11.1 Å². The van der Waals surface area contributed by atoms with Crippen LogP contribution >= 0.6 is 69.9 Å². The van der Waals surface area contributed by atoms with Crippen LogP contribution in [0.5, 0.6) is 0 Å². The van der Waals surface area contributed by atoms with Crippen molar-refractivity contribution in [3.8, 4) is 11.4 Å². The molecule has 0 unspecified atom stereocenters. The maximum atomic E-state index is 13.3. The van der Waals surface area contributed by atoms with Crippen LogP contribution in [0.15, 0.2) is 124 Å². The van der Waals surface area contributed by atoms with E-state index in [1.165, 1.54) is 40.2 Å². The second-order valence-corrected chi connectivity index (χ2v) is 17.6. The Labute approximate surface area is 374 Å². The van der Waals surface area contributed by atoms with Gasteiger partial charge in [0.1, 0.15) is 0 Å².